The summed E-state index contributed by atoms with van der Waals surface area (Å²) in [6.07, 6.45) is 1.89. The van der Waals surface area contributed by atoms with Gasteiger partial charge >= 0.3 is 0 Å². The molecule has 2 aromatic rings. The number of carbonyl (C=O) groups excluding carboxylic acids is 1. The summed E-state index contributed by atoms with van der Waals surface area (Å²) >= 11 is 0. The highest BCUT2D eigenvalue weighted by Crippen LogP contribution is 2.49. The van der Waals surface area contributed by atoms with Crippen LogP contribution >= 0.6 is 0 Å². The summed E-state index contributed by atoms with van der Waals surface area (Å²) in [5.41, 5.74) is 1.96. The van der Waals surface area contributed by atoms with Gasteiger partial charge in [-0.25, -0.2) is 0 Å². The fourth-order valence-electron chi connectivity index (χ4n) is 2.99. The monoisotopic (exact) mass is 309 g/mol. The van der Waals surface area contributed by atoms with E-state index in [1.165, 1.54) is 0 Å². The molecule has 2 aromatic carbocycles. The lowest BCUT2D eigenvalue weighted by Gasteiger charge is -2.24. The smallest absolute Gasteiger partial charge is 0.233 e. The van der Waals surface area contributed by atoms with Crippen LogP contribution in [0.1, 0.15) is 24.0 Å². The Morgan fingerprint density at radius 1 is 1.09 bits per heavy atom. The number of likely N-dealkylation sites (N-methyl/N-ethyl adjacent to an activating group) is 1. The molecule has 0 unspecified atom stereocenters. The van der Waals surface area contributed by atoms with Crippen LogP contribution in [0.15, 0.2) is 54.6 Å². The van der Waals surface area contributed by atoms with Gasteiger partial charge in [-0.3, -0.25) is 4.79 Å². The quantitative estimate of drug-likeness (QED) is 0.816. The van der Waals surface area contributed by atoms with Gasteiger partial charge < -0.3 is 9.64 Å². The minimum Gasteiger partial charge on any atom is -0.491 e. The van der Waals surface area contributed by atoms with Crippen LogP contribution in [-0.4, -0.2) is 31.0 Å². The van der Waals surface area contributed by atoms with E-state index in [-0.39, 0.29) is 11.3 Å². The first-order valence-corrected chi connectivity index (χ1v) is 8.13. The zero-order chi connectivity index (χ0) is 16.3. The Bertz CT molecular complexity index is 677. The van der Waals surface area contributed by atoms with E-state index in [4.69, 9.17) is 4.74 Å². The predicted molar refractivity (Wildman–Crippen MR) is 91.7 cm³/mol. The van der Waals surface area contributed by atoms with Crippen LogP contribution in [0.4, 0.5) is 0 Å². The minimum atomic E-state index is -0.293. The summed E-state index contributed by atoms with van der Waals surface area (Å²) in [5.74, 6) is 1.09. The Labute approximate surface area is 137 Å². The van der Waals surface area contributed by atoms with Crippen LogP contribution in [0, 0.1) is 6.92 Å². The van der Waals surface area contributed by atoms with Gasteiger partial charge in [0.15, 0.2) is 0 Å². The number of nitrogens with zero attached hydrogens (tertiary/aromatic N) is 1. The SMILES string of the molecule is Cc1ccccc1OCCN(C)C(=O)C1(c2ccccc2)CC1. The normalized spacial score (nSPS) is 15.0. The summed E-state index contributed by atoms with van der Waals surface area (Å²) in [6.45, 7) is 3.14. The number of hydrogen-bond acceptors (Lipinski definition) is 2. The maximum absolute atomic E-state index is 12.8. The maximum Gasteiger partial charge on any atom is 0.233 e. The van der Waals surface area contributed by atoms with E-state index in [1.54, 1.807) is 4.90 Å². The Hall–Kier alpha value is -2.29. The Morgan fingerprint density at radius 2 is 1.74 bits per heavy atom. The first-order valence-electron chi connectivity index (χ1n) is 8.13. The summed E-state index contributed by atoms with van der Waals surface area (Å²) < 4.78 is 5.80. The molecule has 0 radical (unpaired) electrons. The van der Waals surface area contributed by atoms with Crippen molar-refractivity contribution in [2.75, 3.05) is 20.2 Å². The number of ether oxygens (including phenoxy) is 1. The van der Waals surface area contributed by atoms with E-state index in [0.717, 1.165) is 29.7 Å². The van der Waals surface area contributed by atoms with Crippen molar-refractivity contribution in [1.82, 2.24) is 4.90 Å². The largest absolute Gasteiger partial charge is 0.491 e. The van der Waals surface area contributed by atoms with Crippen LogP contribution < -0.4 is 4.74 Å². The summed E-state index contributed by atoms with van der Waals surface area (Å²) in [4.78, 5) is 14.6. The summed E-state index contributed by atoms with van der Waals surface area (Å²) in [5, 5.41) is 0. The Kier molecular flexibility index (Phi) is 4.37. The molecule has 0 atom stereocenters. The van der Waals surface area contributed by atoms with Crippen molar-refractivity contribution in [3.63, 3.8) is 0 Å². The van der Waals surface area contributed by atoms with E-state index in [0.29, 0.717) is 13.2 Å². The first-order chi connectivity index (χ1) is 11.1. The molecule has 0 spiro atoms. The van der Waals surface area contributed by atoms with Crippen molar-refractivity contribution in [2.45, 2.75) is 25.2 Å². The van der Waals surface area contributed by atoms with E-state index < -0.39 is 0 Å². The maximum atomic E-state index is 12.8. The Balaban J connectivity index is 1.57. The average molecular weight is 309 g/mol. The number of hydrogen-bond donors (Lipinski definition) is 0. The van der Waals surface area contributed by atoms with Crippen LogP contribution in [0.5, 0.6) is 5.75 Å². The van der Waals surface area contributed by atoms with Crippen LogP contribution in [0.3, 0.4) is 0 Å². The number of para-hydroxylation sites is 1. The van der Waals surface area contributed by atoms with Crippen molar-refractivity contribution < 1.29 is 9.53 Å². The van der Waals surface area contributed by atoms with Gasteiger partial charge in [0.2, 0.25) is 5.91 Å². The minimum absolute atomic E-state index is 0.206. The highest BCUT2D eigenvalue weighted by atomic mass is 16.5. The second kappa shape index (κ2) is 6.45. The van der Waals surface area contributed by atoms with Crippen LogP contribution in [0.25, 0.3) is 0 Å². The molecule has 120 valence electrons. The van der Waals surface area contributed by atoms with Crippen molar-refractivity contribution in [2.24, 2.45) is 0 Å². The molecule has 1 aliphatic rings. The van der Waals surface area contributed by atoms with Gasteiger partial charge in [-0.05, 0) is 37.0 Å². The molecule has 0 heterocycles. The molecule has 0 aliphatic heterocycles. The van der Waals surface area contributed by atoms with Gasteiger partial charge in [0.1, 0.15) is 12.4 Å². The molecule has 23 heavy (non-hydrogen) atoms. The second-order valence-electron chi connectivity index (χ2n) is 6.29. The van der Waals surface area contributed by atoms with Crippen molar-refractivity contribution >= 4 is 5.91 Å². The topological polar surface area (TPSA) is 29.5 Å². The third-order valence-electron chi connectivity index (χ3n) is 4.61. The fourth-order valence-corrected chi connectivity index (χ4v) is 2.99. The lowest BCUT2D eigenvalue weighted by molar-refractivity contribution is -0.133. The van der Waals surface area contributed by atoms with Gasteiger partial charge in [-0.2, -0.15) is 0 Å². The molecular weight excluding hydrogens is 286 g/mol. The Morgan fingerprint density at radius 3 is 2.39 bits per heavy atom. The molecule has 1 fully saturated rings. The molecule has 3 rings (SSSR count). The molecule has 0 saturated heterocycles. The molecule has 1 aliphatic carbocycles. The van der Waals surface area contributed by atoms with Gasteiger partial charge in [0.05, 0.1) is 12.0 Å². The van der Waals surface area contributed by atoms with Crippen LogP contribution in [0.2, 0.25) is 0 Å². The first kappa shape index (κ1) is 15.6. The molecule has 0 N–H and O–H groups in total. The van der Waals surface area contributed by atoms with Crippen molar-refractivity contribution in [3.8, 4) is 5.75 Å². The average Bonchev–Trinajstić information content (AvgIpc) is 3.38. The lowest BCUT2D eigenvalue weighted by Crippen LogP contribution is -2.38. The highest BCUT2D eigenvalue weighted by Gasteiger charge is 2.52. The standard InChI is InChI=1S/C20H23NO2/c1-16-8-6-7-11-18(16)23-15-14-21(2)19(22)20(12-13-20)17-9-4-3-5-10-17/h3-11H,12-15H2,1-2H3. The van der Waals surface area contributed by atoms with Crippen molar-refractivity contribution in [3.05, 3.63) is 65.7 Å². The summed E-state index contributed by atoms with van der Waals surface area (Å²) in [7, 11) is 1.87. The zero-order valence-electron chi connectivity index (χ0n) is 13.8. The number of rotatable bonds is 6. The second-order valence-corrected chi connectivity index (χ2v) is 6.29. The molecule has 0 bridgehead atoms. The third kappa shape index (κ3) is 3.24. The molecule has 3 nitrogen and oxygen atoms in total. The van der Waals surface area contributed by atoms with Gasteiger partial charge in [0.25, 0.3) is 0 Å². The van der Waals surface area contributed by atoms with Crippen LogP contribution in [-0.2, 0) is 10.2 Å². The molecule has 0 aromatic heterocycles. The highest BCUT2D eigenvalue weighted by molar-refractivity contribution is 5.91. The van der Waals surface area contributed by atoms with E-state index in [1.807, 2.05) is 56.4 Å². The van der Waals surface area contributed by atoms with E-state index >= 15 is 0 Å². The van der Waals surface area contributed by atoms with Crippen molar-refractivity contribution in [1.29, 1.82) is 0 Å². The number of carbonyl (C=O) groups is 1. The molecule has 1 saturated carbocycles. The number of aryl methyl sites for hydroxylation is 1. The number of benzene rings is 2. The van der Waals surface area contributed by atoms with Gasteiger partial charge in [0, 0.05) is 7.05 Å². The zero-order valence-corrected chi connectivity index (χ0v) is 13.8. The van der Waals surface area contributed by atoms with Gasteiger partial charge in [-0.1, -0.05) is 48.5 Å². The number of amides is 1. The fraction of sp³-hybridized carbons (Fsp3) is 0.350. The summed E-state index contributed by atoms with van der Waals surface area (Å²) in [6, 6.07) is 18.1. The van der Waals surface area contributed by atoms with E-state index in [9.17, 15) is 4.79 Å². The lowest BCUT2D eigenvalue weighted by atomic mass is 9.94. The molecular formula is C20H23NO2. The predicted octanol–water partition coefficient (Wildman–Crippen LogP) is 3.56. The molecule has 3 heteroatoms. The van der Waals surface area contributed by atoms with E-state index in [2.05, 4.69) is 12.1 Å². The third-order valence-corrected chi connectivity index (χ3v) is 4.61. The van der Waals surface area contributed by atoms with Gasteiger partial charge in [-0.15, -0.1) is 0 Å². The molecule has 1 amide bonds.